The van der Waals surface area contributed by atoms with Crippen molar-refractivity contribution in [1.82, 2.24) is 5.32 Å². The van der Waals surface area contributed by atoms with Crippen molar-refractivity contribution in [2.75, 3.05) is 6.61 Å². The van der Waals surface area contributed by atoms with Gasteiger partial charge in [0.2, 0.25) is 5.91 Å². The van der Waals surface area contributed by atoms with Gasteiger partial charge in [-0.25, -0.2) is 0 Å². The van der Waals surface area contributed by atoms with Crippen molar-refractivity contribution in [1.29, 1.82) is 0 Å². The molecule has 5 heteroatoms. The fraction of sp³-hybridized carbons (Fsp3) is 0.562. The van der Waals surface area contributed by atoms with Gasteiger partial charge >= 0.3 is 0 Å². The lowest BCUT2D eigenvalue weighted by Crippen LogP contribution is -2.54. The summed E-state index contributed by atoms with van der Waals surface area (Å²) in [6.45, 7) is 2.31. The van der Waals surface area contributed by atoms with E-state index in [2.05, 4.69) is 5.32 Å². The number of aliphatic hydroxyl groups excluding tert-OH is 1. The quantitative estimate of drug-likeness (QED) is 0.600. The number of para-hydroxylation sites is 1. The highest BCUT2D eigenvalue weighted by Gasteiger charge is 2.36. The van der Waals surface area contributed by atoms with Crippen LogP contribution < -0.4 is 15.8 Å². The molecule has 1 aromatic rings. The summed E-state index contributed by atoms with van der Waals surface area (Å²) >= 11 is 0. The Labute approximate surface area is 125 Å². The van der Waals surface area contributed by atoms with Crippen molar-refractivity contribution in [2.24, 2.45) is 5.73 Å². The SMILES string of the molecule is CC(CCCOc1ccccc1CO)(NC1CC1)C(N)=O. The third-order valence-corrected chi connectivity index (χ3v) is 3.87. The van der Waals surface area contributed by atoms with Gasteiger partial charge in [-0.1, -0.05) is 18.2 Å². The first-order valence-corrected chi connectivity index (χ1v) is 7.44. The van der Waals surface area contributed by atoms with E-state index in [1.54, 1.807) is 0 Å². The highest BCUT2D eigenvalue weighted by Crippen LogP contribution is 2.25. The van der Waals surface area contributed by atoms with Crippen LogP contribution in [-0.2, 0) is 11.4 Å². The Hall–Kier alpha value is -1.59. The Morgan fingerprint density at radius 3 is 2.81 bits per heavy atom. The topological polar surface area (TPSA) is 84.6 Å². The molecular weight excluding hydrogens is 268 g/mol. The largest absolute Gasteiger partial charge is 0.493 e. The molecule has 0 heterocycles. The van der Waals surface area contributed by atoms with E-state index in [0.29, 0.717) is 24.8 Å². The number of rotatable bonds is 9. The van der Waals surface area contributed by atoms with Crippen LogP contribution in [0.4, 0.5) is 0 Å². The molecule has 0 radical (unpaired) electrons. The minimum atomic E-state index is -0.666. The number of amides is 1. The van der Waals surface area contributed by atoms with Gasteiger partial charge < -0.3 is 20.9 Å². The van der Waals surface area contributed by atoms with Gasteiger partial charge in [0.15, 0.2) is 0 Å². The monoisotopic (exact) mass is 292 g/mol. The summed E-state index contributed by atoms with van der Waals surface area (Å²) in [5, 5.41) is 12.5. The van der Waals surface area contributed by atoms with Gasteiger partial charge in [0.05, 0.1) is 18.8 Å². The molecule has 0 bridgehead atoms. The fourth-order valence-corrected chi connectivity index (χ4v) is 2.33. The van der Waals surface area contributed by atoms with E-state index in [-0.39, 0.29) is 12.5 Å². The Bertz CT molecular complexity index is 488. The minimum absolute atomic E-state index is 0.0432. The van der Waals surface area contributed by atoms with Crippen molar-refractivity contribution in [2.45, 2.75) is 50.8 Å². The number of hydrogen-bond acceptors (Lipinski definition) is 4. The average Bonchev–Trinajstić information content (AvgIpc) is 3.27. The van der Waals surface area contributed by atoms with Gasteiger partial charge in [0.1, 0.15) is 5.75 Å². The third-order valence-electron chi connectivity index (χ3n) is 3.87. The molecule has 1 amide bonds. The van der Waals surface area contributed by atoms with Crippen LogP contribution in [0.2, 0.25) is 0 Å². The highest BCUT2D eigenvalue weighted by molar-refractivity contribution is 5.84. The maximum absolute atomic E-state index is 11.6. The van der Waals surface area contributed by atoms with Crippen molar-refractivity contribution in [3.63, 3.8) is 0 Å². The zero-order chi connectivity index (χ0) is 15.3. The van der Waals surface area contributed by atoms with E-state index in [9.17, 15) is 9.90 Å². The maximum atomic E-state index is 11.6. The number of nitrogens with two attached hydrogens (primary N) is 1. The number of nitrogens with one attached hydrogen (secondary N) is 1. The van der Waals surface area contributed by atoms with Crippen molar-refractivity contribution >= 4 is 5.91 Å². The third kappa shape index (κ3) is 4.44. The van der Waals surface area contributed by atoms with Crippen LogP contribution in [0.1, 0.15) is 38.2 Å². The molecule has 1 aromatic carbocycles. The van der Waals surface area contributed by atoms with Gasteiger partial charge in [0.25, 0.3) is 0 Å². The first kappa shape index (κ1) is 15.8. The average molecular weight is 292 g/mol. The zero-order valence-corrected chi connectivity index (χ0v) is 12.5. The van der Waals surface area contributed by atoms with Crippen LogP contribution in [0.15, 0.2) is 24.3 Å². The van der Waals surface area contributed by atoms with Crippen LogP contribution in [-0.4, -0.2) is 29.2 Å². The molecule has 0 aliphatic heterocycles. The van der Waals surface area contributed by atoms with Crippen LogP contribution >= 0.6 is 0 Å². The molecular formula is C16H24N2O3. The summed E-state index contributed by atoms with van der Waals surface area (Å²) in [4.78, 5) is 11.6. The van der Waals surface area contributed by atoms with Crippen LogP contribution in [0.25, 0.3) is 0 Å². The molecule has 2 rings (SSSR count). The maximum Gasteiger partial charge on any atom is 0.237 e. The van der Waals surface area contributed by atoms with Gasteiger partial charge in [-0.15, -0.1) is 0 Å². The molecule has 1 atom stereocenters. The molecule has 1 unspecified atom stereocenters. The predicted molar refractivity (Wildman–Crippen MR) is 80.9 cm³/mol. The normalized spacial score (nSPS) is 17.2. The lowest BCUT2D eigenvalue weighted by Gasteiger charge is -2.27. The smallest absolute Gasteiger partial charge is 0.237 e. The summed E-state index contributed by atoms with van der Waals surface area (Å²) < 4.78 is 5.68. The summed E-state index contributed by atoms with van der Waals surface area (Å²) in [6, 6.07) is 7.83. The first-order valence-electron chi connectivity index (χ1n) is 7.44. The number of hydrogen-bond donors (Lipinski definition) is 3. The van der Waals surface area contributed by atoms with Crippen molar-refractivity contribution in [3.8, 4) is 5.75 Å². The van der Waals surface area contributed by atoms with E-state index in [0.717, 1.165) is 24.8 Å². The Kier molecular flexibility index (Phi) is 5.20. The fourth-order valence-electron chi connectivity index (χ4n) is 2.33. The highest BCUT2D eigenvalue weighted by atomic mass is 16.5. The number of benzene rings is 1. The molecule has 0 saturated heterocycles. The second kappa shape index (κ2) is 6.91. The van der Waals surface area contributed by atoms with Crippen LogP contribution in [0.5, 0.6) is 5.75 Å². The number of aliphatic hydroxyl groups is 1. The standard InChI is InChI=1S/C16H24N2O3/c1-16(15(17)20,18-13-7-8-13)9-4-10-21-14-6-3-2-5-12(14)11-19/h2-3,5-6,13,18-19H,4,7-11H2,1H3,(H2,17,20). The van der Waals surface area contributed by atoms with Crippen molar-refractivity contribution in [3.05, 3.63) is 29.8 Å². The van der Waals surface area contributed by atoms with E-state index in [4.69, 9.17) is 10.5 Å². The summed E-state index contributed by atoms with van der Waals surface area (Å²) in [7, 11) is 0. The molecule has 0 aromatic heterocycles. The Morgan fingerprint density at radius 2 is 2.19 bits per heavy atom. The lowest BCUT2D eigenvalue weighted by atomic mass is 9.95. The molecule has 21 heavy (non-hydrogen) atoms. The van der Waals surface area contributed by atoms with Gasteiger partial charge in [-0.3, -0.25) is 4.79 Å². The van der Waals surface area contributed by atoms with Crippen molar-refractivity contribution < 1.29 is 14.6 Å². The second-order valence-electron chi connectivity index (χ2n) is 5.83. The van der Waals surface area contributed by atoms with Gasteiger partial charge in [-0.2, -0.15) is 0 Å². The Balaban J connectivity index is 1.81. The minimum Gasteiger partial charge on any atom is -0.493 e. The molecule has 1 fully saturated rings. The molecule has 1 aliphatic rings. The molecule has 0 spiro atoms. The van der Waals surface area contributed by atoms with E-state index in [1.807, 2.05) is 31.2 Å². The Morgan fingerprint density at radius 1 is 1.48 bits per heavy atom. The van der Waals surface area contributed by atoms with Gasteiger partial charge in [-0.05, 0) is 38.7 Å². The van der Waals surface area contributed by atoms with Gasteiger partial charge in [0, 0.05) is 11.6 Å². The zero-order valence-electron chi connectivity index (χ0n) is 12.5. The summed E-state index contributed by atoms with van der Waals surface area (Å²) in [5.41, 5.74) is 5.61. The number of carbonyl (C=O) groups is 1. The predicted octanol–water partition coefficient (Wildman–Crippen LogP) is 1.33. The number of ether oxygens (including phenoxy) is 1. The summed E-state index contributed by atoms with van der Waals surface area (Å²) in [6.07, 6.45) is 3.59. The second-order valence-corrected chi connectivity index (χ2v) is 5.83. The van der Waals surface area contributed by atoms with E-state index in [1.165, 1.54) is 0 Å². The lowest BCUT2D eigenvalue weighted by molar-refractivity contribution is -0.124. The molecule has 116 valence electrons. The van der Waals surface area contributed by atoms with E-state index < -0.39 is 5.54 Å². The van der Waals surface area contributed by atoms with Crippen LogP contribution in [0, 0.1) is 0 Å². The molecule has 1 aliphatic carbocycles. The summed E-state index contributed by atoms with van der Waals surface area (Å²) in [5.74, 6) is 0.376. The number of primary amides is 1. The number of carbonyl (C=O) groups excluding carboxylic acids is 1. The van der Waals surface area contributed by atoms with Crippen LogP contribution in [0.3, 0.4) is 0 Å². The molecule has 1 saturated carbocycles. The molecule has 5 nitrogen and oxygen atoms in total. The first-order chi connectivity index (χ1) is 10.0. The van der Waals surface area contributed by atoms with E-state index >= 15 is 0 Å². The molecule has 4 N–H and O–H groups in total.